The fourth-order valence-electron chi connectivity index (χ4n) is 1.99. The van der Waals surface area contributed by atoms with Gasteiger partial charge in [0.2, 0.25) is 0 Å². The van der Waals surface area contributed by atoms with Crippen LogP contribution >= 0.6 is 0 Å². The molecule has 0 bridgehead atoms. The molecule has 2 unspecified atom stereocenters. The largest absolute Gasteiger partial charge is 0.494 e. The van der Waals surface area contributed by atoms with Crippen molar-refractivity contribution in [2.75, 3.05) is 19.8 Å². The highest BCUT2D eigenvalue weighted by Gasteiger charge is 2.06. The number of nitrogens with one attached hydrogen (secondary N) is 1. The van der Waals surface area contributed by atoms with Crippen LogP contribution in [0.1, 0.15) is 45.1 Å². The summed E-state index contributed by atoms with van der Waals surface area (Å²) in [5.41, 5.74) is 1.36. The molecule has 0 amide bonds. The average molecular weight is 265 g/mol. The zero-order valence-corrected chi connectivity index (χ0v) is 12.4. The molecule has 19 heavy (non-hydrogen) atoms. The molecule has 0 fully saturated rings. The third kappa shape index (κ3) is 5.62. The summed E-state index contributed by atoms with van der Waals surface area (Å²) in [7, 11) is 0. The molecule has 0 saturated heterocycles. The van der Waals surface area contributed by atoms with Crippen molar-refractivity contribution < 1.29 is 9.84 Å². The Labute approximate surface area is 117 Å². The van der Waals surface area contributed by atoms with Crippen molar-refractivity contribution in [2.24, 2.45) is 0 Å². The molecule has 0 saturated carbocycles. The number of benzene rings is 1. The number of hydrogen-bond acceptors (Lipinski definition) is 3. The van der Waals surface area contributed by atoms with Crippen LogP contribution < -0.4 is 10.1 Å². The van der Waals surface area contributed by atoms with Crippen LogP contribution in [0.4, 0.5) is 0 Å². The van der Waals surface area contributed by atoms with Gasteiger partial charge in [-0.3, -0.25) is 0 Å². The second-order valence-electron chi connectivity index (χ2n) is 4.95. The van der Waals surface area contributed by atoms with Gasteiger partial charge in [-0.25, -0.2) is 0 Å². The third-order valence-corrected chi connectivity index (χ3v) is 3.51. The summed E-state index contributed by atoms with van der Waals surface area (Å²) >= 11 is 0. The minimum absolute atomic E-state index is 0.129. The van der Waals surface area contributed by atoms with Crippen molar-refractivity contribution in [2.45, 2.75) is 45.6 Å². The van der Waals surface area contributed by atoms with E-state index in [0.29, 0.717) is 12.5 Å². The van der Waals surface area contributed by atoms with Gasteiger partial charge in [-0.2, -0.15) is 0 Å². The number of hydrogen-bond donors (Lipinski definition) is 2. The van der Waals surface area contributed by atoms with E-state index < -0.39 is 0 Å². The molecule has 2 N–H and O–H groups in total. The first-order valence-electron chi connectivity index (χ1n) is 7.28. The van der Waals surface area contributed by atoms with Crippen molar-refractivity contribution in [1.82, 2.24) is 5.32 Å². The van der Waals surface area contributed by atoms with Crippen LogP contribution in [-0.2, 0) is 0 Å². The van der Waals surface area contributed by atoms with Gasteiger partial charge in [-0.15, -0.1) is 0 Å². The van der Waals surface area contributed by atoms with Gasteiger partial charge in [0.25, 0.3) is 0 Å². The molecule has 0 radical (unpaired) electrons. The van der Waals surface area contributed by atoms with Crippen molar-refractivity contribution >= 4 is 0 Å². The highest BCUT2D eigenvalue weighted by molar-refractivity contribution is 5.29. The lowest BCUT2D eigenvalue weighted by molar-refractivity contribution is 0.210. The van der Waals surface area contributed by atoms with Crippen molar-refractivity contribution in [3.05, 3.63) is 29.8 Å². The Hall–Kier alpha value is -1.06. The Morgan fingerprint density at radius 1 is 1.21 bits per heavy atom. The highest BCUT2D eigenvalue weighted by Crippen LogP contribution is 2.21. The maximum atomic E-state index is 9.16. The van der Waals surface area contributed by atoms with Crippen LogP contribution in [0.25, 0.3) is 0 Å². The van der Waals surface area contributed by atoms with Crippen molar-refractivity contribution in [3.63, 3.8) is 0 Å². The number of aliphatic hydroxyl groups excluding tert-OH is 1. The number of aliphatic hydroxyl groups is 1. The summed E-state index contributed by atoms with van der Waals surface area (Å²) in [6, 6.07) is 8.46. The normalized spacial score (nSPS) is 14.1. The summed E-state index contributed by atoms with van der Waals surface area (Å²) < 4.78 is 5.70. The highest BCUT2D eigenvalue weighted by atomic mass is 16.5. The average Bonchev–Trinajstić information content (AvgIpc) is 2.46. The fraction of sp³-hybridized carbons (Fsp3) is 0.625. The Kier molecular flexibility index (Phi) is 7.53. The third-order valence-electron chi connectivity index (χ3n) is 3.51. The zero-order valence-electron chi connectivity index (χ0n) is 12.4. The molecule has 1 aromatic rings. The van der Waals surface area contributed by atoms with E-state index in [1.807, 2.05) is 19.1 Å². The van der Waals surface area contributed by atoms with Crippen LogP contribution in [0.5, 0.6) is 5.75 Å². The molecule has 0 aromatic heterocycles. The summed E-state index contributed by atoms with van der Waals surface area (Å²) in [4.78, 5) is 0. The first-order chi connectivity index (χ1) is 9.21. The van der Waals surface area contributed by atoms with E-state index in [9.17, 15) is 0 Å². The Bertz CT molecular complexity index is 337. The second-order valence-corrected chi connectivity index (χ2v) is 4.95. The lowest BCUT2D eigenvalue weighted by Gasteiger charge is -2.15. The number of rotatable bonds is 9. The summed E-state index contributed by atoms with van der Waals surface area (Å²) in [5, 5.41) is 12.4. The van der Waals surface area contributed by atoms with E-state index in [4.69, 9.17) is 9.84 Å². The van der Waals surface area contributed by atoms with Crippen LogP contribution in [-0.4, -0.2) is 30.9 Å². The topological polar surface area (TPSA) is 41.5 Å². The van der Waals surface area contributed by atoms with Crippen molar-refractivity contribution in [3.8, 4) is 5.75 Å². The molecule has 3 heteroatoms. The maximum Gasteiger partial charge on any atom is 0.119 e. The van der Waals surface area contributed by atoms with Gasteiger partial charge < -0.3 is 15.2 Å². The van der Waals surface area contributed by atoms with Crippen LogP contribution in [0.2, 0.25) is 0 Å². The smallest absolute Gasteiger partial charge is 0.119 e. The Balaban J connectivity index is 2.37. The summed E-state index contributed by atoms with van der Waals surface area (Å²) in [6.45, 7) is 8.12. The summed E-state index contributed by atoms with van der Waals surface area (Å²) in [5.74, 6) is 1.50. The van der Waals surface area contributed by atoms with Gasteiger partial charge in [-0.1, -0.05) is 32.9 Å². The number of likely N-dealkylation sites (N-methyl/N-ethyl adjacent to an activating group) is 1. The molecule has 2 atom stereocenters. The lowest BCUT2D eigenvalue weighted by Crippen LogP contribution is -2.33. The standard InChI is InChI=1S/C16H27NO2/c1-4-13(3)14-6-8-16(9-7-14)19-11-10-15(12-18)17-5-2/h6-9,13,15,17-18H,4-5,10-12H2,1-3H3. The SMILES string of the molecule is CCNC(CO)CCOc1ccc(C(C)CC)cc1. The zero-order chi connectivity index (χ0) is 14.1. The molecule has 0 aliphatic heterocycles. The quantitative estimate of drug-likeness (QED) is 0.721. The predicted molar refractivity (Wildman–Crippen MR) is 79.8 cm³/mol. The first-order valence-corrected chi connectivity index (χ1v) is 7.28. The van der Waals surface area contributed by atoms with E-state index in [1.165, 1.54) is 5.56 Å². The molecular weight excluding hydrogens is 238 g/mol. The summed E-state index contributed by atoms with van der Waals surface area (Å²) in [6.07, 6.45) is 1.97. The maximum absolute atomic E-state index is 9.16. The Morgan fingerprint density at radius 2 is 1.89 bits per heavy atom. The minimum atomic E-state index is 0.129. The van der Waals surface area contributed by atoms with E-state index >= 15 is 0 Å². The van der Waals surface area contributed by atoms with Crippen LogP contribution in [0.3, 0.4) is 0 Å². The first kappa shape index (κ1) is 16.0. The van der Waals surface area contributed by atoms with E-state index in [2.05, 4.69) is 31.3 Å². The number of ether oxygens (including phenoxy) is 1. The molecule has 0 heterocycles. The molecule has 108 valence electrons. The van der Waals surface area contributed by atoms with Gasteiger partial charge in [-0.05, 0) is 43.0 Å². The molecular formula is C16H27NO2. The Morgan fingerprint density at radius 3 is 2.42 bits per heavy atom. The van der Waals surface area contributed by atoms with Gasteiger partial charge in [0.05, 0.1) is 13.2 Å². The van der Waals surface area contributed by atoms with Gasteiger partial charge >= 0.3 is 0 Å². The lowest BCUT2D eigenvalue weighted by atomic mass is 9.99. The molecule has 1 rings (SSSR count). The monoisotopic (exact) mass is 265 g/mol. The van der Waals surface area contributed by atoms with Crippen LogP contribution in [0, 0.1) is 0 Å². The molecule has 3 nitrogen and oxygen atoms in total. The fourth-order valence-corrected chi connectivity index (χ4v) is 1.99. The van der Waals surface area contributed by atoms with Gasteiger partial charge in [0.15, 0.2) is 0 Å². The van der Waals surface area contributed by atoms with Gasteiger partial charge in [0.1, 0.15) is 5.75 Å². The van der Waals surface area contributed by atoms with Gasteiger partial charge in [0, 0.05) is 6.04 Å². The van der Waals surface area contributed by atoms with E-state index in [1.54, 1.807) is 0 Å². The molecule has 0 aliphatic rings. The molecule has 0 spiro atoms. The van der Waals surface area contributed by atoms with Crippen molar-refractivity contribution in [1.29, 1.82) is 0 Å². The van der Waals surface area contributed by atoms with Crippen LogP contribution in [0.15, 0.2) is 24.3 Å². The predicted octanol–water partition coefficient (Wildman–Crippen LogP) is 2.94. The molecule has 0 aliphatic carbocycles. The second kappa shape index (κ2) is 8.94. The van der Waals surface area contributed by atoms with E-state index in [-0.39, 0.29) is 12.6 Å². The minimum Gasteiger partial charge on any atom is -0.494 e. The molecule has 1 aromatic carbocycles. The van der Waals surface area contributed by atoms with E-state index in [0.717, 1.165) is 25.1 Å².